The van der Waals surface area contributed by atoms with Crippen molar-refractivity contribution in [3.63, 3.8) is 0 Å². The number of benzene rings is 2. The number of ether oxygens (including phenoxy) is 2. The topological polar surface area (TPSA) is 47.1 Å². The van der Waals surface area contributed by atoms with E-state index in [9.17, 15) is 0 Å². The minimum absolute atomic E-state index is 0.560. The highest BCUT2D eigenvalue weighted by Crippen LogP contribution is 2.45. The summed E-state index contributed by atoms with van der Waals surface area (Å²) < 4.78 is 12.8. The van der Waals surface area contributed by atoms with E-state index in [-0.39, 0.29) is 0 Å². The minimum Gasteiger partial charge on any atom is -0.492 e. The van der Waals surface area contributed by atoms with Gasteiger partial charge in [0.2, 0.25) is 0 Å². The molecule has 0 spiro atoms. The lowest BCUT2D eigenvalue weighted by Crippen LogP contribution is -1.98. The lowest BCUT2D eigenvalue weighted by atomic mass is 10.2. The van der Waals surface area contributed by atoms with Gasteiger partial charge in [0.15, 0.2) is 11.5 Å². The van der Waals surface area contributed by atoms with Crippen LogP contribution in [-0.2, 0) is 0 Å². The van der Waals surface area contributed by atoms with Crippen molar-refractivity contribution in [2.75, 3.05) is 13.7 Å². The average Bonchev–Trinajstić information content (AvgIpc) is 2.95. The first-order valence-electron chi connectivity index (χ1n) is 6.79. The molecule has 0 unspecified atom stereocenters. The molecular weight excluding hydrogens is 412 g/mol. The van der Waals surface area contributed by atoms with Gasteiger partial charge in [0.1, 0.15) is 5.82 Å². The third-order valence-corrected chi connectivity index (χ3v) is 5.39. The number of aromatic nitrogens is 2. The number of H-pyrrole nitrogens is 1. The molecule has 0 saturated heterocycles. The zero-order valence-electron chi connectivity index (χ0n) is 12.1. The van der Waals surface area contributed by atoms with E-state index in [2.05, 4.69) is 41.8 Å². The Bertz CT molecular complexity index is 797. The lowest BCUT2D eigenvalue weighted by Gasteiger charge is -2.14. The van der Waals surface area contributed by atoms with Gasteiger partial charge >= 0.3 is 0 Å². The molecule has 0 aliphatic heterocycles. The molecule has 2 aromatic carbocycles. The number of halogens is 2. The smallest absolute Gasteiger partial charge is 0.176 e. The second kappa shape index (κ2) is 6.30. The predicted octanol–water partition coefficient (Wildman–Crippen LogP) is 5.16. The Labute approximate surface area is 145 Å². The van der Waals surface area contributed by atoms with Crippen LogP contribution in [0.25, 0.3) is 22.4 Å². The maximum absolute atomic E-state index is 5.68. The van der Waals surface area contributed by atoms with E-state index in [1.165, 1.54) is 0 Å². The van der Waals surface area contributed by atoms with Gasteiger partial charge in [0, 0.05) is 10.0 Å². The maximum Gasteiger partial charge on any atom is 0.176 e. The summed E-state index contributed by atoms with van der Waals surface area (Å²) in [5, 5.41) is 0. The van der Waals surface area contributed by atoms with Crippen LogP contribution in [0.2, 0.25) is 0 Å². The largest absolute Gasteiger partial charge is 0.492 e. The Kier molecular flexibility index (Phi) is 4.40. The molecule has 0 amide bonds. The van der Waals surface area contributed by atoms with Crippen molar-refractivity contribution in [2.45, 2.75) is 6.92 Å². The molecule has 22 heavy (non-hydrogen) atoms. The molecule has 1 N–H and O–H groups in total. The number of hydrogen-bond donors (Lipinski definition) is 1. The molecule has 0 aliphatic carbocycles. The monoisotopic (exact) mass is 424 g/mol. The Morgan fingerprint density at radius 2 is 1.95 bits per heavy atom. The minimum atomic E-state index is 0.560. The van der Waals surface area contributed by atoms with Crippen molar-refractivity contribution < 1.29 is 9.47 Å². The Morgan fingerprint density at radius 1 is 1.18 bits per heavy atom. The van der Waals surface area contributed by atoms with Crippen LogP contribution in [0.3, 0.4) is 0 Å². The van der Waals surface area contributed by atoms with Crippen molar-refractivity contribution in [2.24, 2.45) is 0 Å². The molecule has 1 heterocycles. The highest BCUT2D eigenvalue weighted by molar-refractivity contribution is 9.13. The van der Waals surface area contributed by atoms with Gasteiger partial charge in [-0.25, -0.2) is 4.98 Å². The number of nitrogens with one attached hydrogen (secondary N) is 1. The molecule has 0 bridgehead atoms. The normalized spacial score (nSPS) is 10.9. The van der Waals surface area contributed by atoms with Gasteiger partial charge in [-0.1, -0.05) is 12.1 Å². The molecule has 1 aromatic heterocycles. The molecule has 114 valence electrons. The van der Waals surface area contributed by atoms with E-state index in [1.54, 1.807) is 7.11 Å². The van der Waals surface area contributed by atoms with E-state index in [1.807, 2.05) is 37.3 Å². The van der Waals surface area contributed by atoms with Crippen molar-refractivity contribution in [3.8, 4) is 22.9 Å². The van der Waals surface area contributed by atoms with Crippen LogP contribution in [-0.4, -0.2) is 23.7 Å². The Hall–Kier alpha value is -1.53. The van der Waals surface area contributed by atoms with Crippen LogP contribution in [0.5, 0.6) is 11.5 Å². The van der Waals surface area contributed by atoms with Gasteiger partial charge in [0.05, 0.1) is 29.2 Å². The van der Waals surface area contributed by atoms with Crippen molar-refractivity contribution in [3.05, 3.63) is 39.3 Å². The van der Waals surface area contributed by atoms with E-state index in [0.29, 0.717) is 18.1 Å². The number of nitrogens with zero attached hydrogens (tertiary/aromatic N) is 1. The molecule has 4 nitrogen and oxygen atoms in total. The van der Waals surface area contributed by atoms with Crippen molar-refractivity contribution in [1.29, 1.82) is 0 Å². The number of para-hydroxylation sites is 2. The van der Waals surface area contributed by atoms with E-state index in [0.717, 1.165) is 31.4 Å². The van der Waals surface area contributed by atoms with Crippen LogP contribution >= 0.6 is 31.9 Å². The second-order valence-corrected chi connectivity index (χ2v) is 6.21. The van der Waals surface area contributed by atoms with Gasteiger partial charge in [-0.05, 0) is 57.0 Å². The first kappa shape index (κ1) is 15.4. The summed E-state index contributed by atoms with van der Waals surface area (Å²) in [6.07, 6.45) is 0. The lowest BCUT2D eigenvalue weighted by molar-refractivity contribution is 0.310. The van der Waals surface area contributed by atoms with Crippen molar-refractivity contribution >= 4 is 42.9 Å². The molecule has 0 radical (unpaired) electrons. The van der Waals surface area contributed by atoms with Crippen LogP contribution in [0, 0.1) is 0 Å². The zero-order valence-corrected chi connectivity index (χ0v) is 15.3. The van der Waals surface area contributed by atoms with Crippen molar-refractivity contribution in [1.82, 2.24) is 9.97 Å². The number of aromatic amines is 1. The fourth-order valence-electron chi connectivity index (χ4n) is 2.29. The fraction of sp³-hybridized carbons (Fsp3) is 0.188. The summed E-state index contributed by atoms with van der Waals surface area (Å²) in [6.45, 7) is 2.50. The molecule has 6 heteroatoms. The molecular formula is C16H14Br2N2O2. The van der Waals surface area contributed by atoms with Crippen LogP contribution in [0.4, 0.5) is 0 Å². The summed E-state index contributed by atoms with van der Waals surface area (Å²) in [5.74, 6) is 2.11. The molecule has 0 aliphatic rings. The van der Waals surface area contributed by atoms with Crippen LogP contribution in [0.15, 0.2) is 39.3 Å². The number of imidazole rings is 1. The summed E-state index contributed by atoms with van der Waals surface area (Å²) in [7, 11) is 1.62. The highest BCUT2D eigenvalue weighted by atomic mass is 79.9. The second-order valence-electron chi connectivity index (χ2n) is 4.62. The molecule has 3 aromatic rings. The first-order valence-corrected chi connectivity index (χ1v) is 8.38. The van der Waals surface area contributed by atoms with Gasteiger partial charge in [0.25, 0.3) is 0 Å². The number of fused-ring (bicyclic) bond motifs is 1. The number of hydrogen-bond acceptors (Lipinski definition) is 3. The van der Waals surface area contributed by atoms with E-state index >= 15 is 0 Å². The zero-order chi connectivity index (χ0) is 15.7. The molecule has 0 fully saturated rings. The highest BCUT2D eigenvalue weighted by Gasteiger charge is 2.19. The van der Waals surface area contributed by atoms with Crippen LogP contribution < -0.4 is 9.47 Å². The van der Waals surface area contributed by atoms with Gasteiger partial charge in [-0.3, -0.25) is 0 Å². The average molecular weight is 426 g/mol. The maximum atomic E-state index is 5.68. The van der Waals surface area contributed by atoms with E-state index < -0.39 is 0 Å². The summed E-state index contributed by atoms with van der Waals surface area (Å²) >= 11 is 7.17. The van der Waals surface area contributed by atoms with Crippen LogP contribution in [0.1, 0.15) is 6.92 Å². The summed E-state index contributed by atoms with van der Waals surface area (Å²) in [4.78, 5) is 7.97. The predicted molar refractivity (Wildman–Crippen MR) is 94.7 cm³/mol. The number of rotatable bonds is 4. The van der Waals surface area contributed by atoms with Gasteiger partial charge in [-0.2, -0.15) is 0 Å². The first-order chi connectivity index (χ1) is 10.7. The van der Waals surface area contributed by atoms with E-state index in [4.69, 9.17) is 9.47 Å². The molecule has 0 saturated carbocycles. The van der Waals surface area contributed by atoms with Gasteiger partial charge in [-0.15, -0.1) is 0 Å². The third-order valence-electron chi connectivity index (χ3n) is 3.28. The molecule has 0 atom stereocenters. The molecule has 3 rings (SSSR count). The fourth-order valence-corrected chi connectivity index (χ4v) is 3.34. The quantitative estimate of drug-likeness (QED) is 0.627. The third kappa shape index (κ3) is 2.61. The summed E-state index contributed by atoms with van der Waals surface area (Å²) in [6, 6.07) is 9.86. The summed E-state index contributed by atoms with van der Waals surface area (Å²) in [5.41, 5.74) is 2.83. The van der Waals surface area contributed by atoms with Gasteiger partial charge < -0.3 is 14.5 Å². The SMILES string of the molecule is CCOc1cc(-c2nc3ccccc3[nH]2)c(Br)c(Br)c1OC. The Balaban J connectivity index is 2.21. The number of methoxy groups -OCH3 is 1. The standard InChI is InChI=1S/C16H14Br2N2O2/c1-3-22-12-8-9(13(17)14(18)15(12)21-2)16-19-10-6-4-5-7-11(10)20-16/h4-8H,3H2,1-2H3,(H,19,20). The Morgan fingerprint density at radius 3 is 2.64 bits per heavy atom.